The normalized spacial score (nSPS) is 22.7. The number of carbonyl (C=O) groups excluding carboxylic acids is 2. The second kappa shape index (κ2) is 4.80. The lowest BCUT2D eigenvalue weighted by molar-refractivity contribution is -0.152. The van der Waals surface area contributed by atoms with Crippen molar-refractivity contribution in [1.82, 2.24) is 0 Å². The lowest BCUT2D eigenvalue weighted by Crippen LogP contribution is -2.03. The fourth-order valence-corrected chi connectivity index (χ4v) is 1.22. The van der Waals surface area contributed by atoms with Gasteiger partial charge in [0.15, 0.2) is 0 Å². The Balaban J connectivity index is 2.32. The Kier molecular flexibility index (Phi) is 3.68. The van der Waals surface area contributed by atoms with Crippen LogP contribution in [0.4, 0.5) is 0 Å². The number of esters is 2. The molecule has 1 atom stereocenters. The molecule has 0 amide bonds. The summed E-state index contributed by atoms with van der Waals surface area (Å²) in [7, 11) is 0. The van der Waals surface area contributed by atoms with Gasteiger partial charge in [0.1, 0.15) is 0 Å². The summed E-state index contributed by atoms with van der Waals surface area (Å²) in [6, 6.07) is 0. The second-order valence-corrected chi connectivity index (χ2v) is 3.17. The summed E-state index contributed by atoms with van der Waals surface area (Å²) in [6.45, 7) is 2.11. The Labute approximate surface area is 77.8 Å². The van der Waals surface area contributed by atoms with E-state index in [9.17, 15) is 9.59 Å². The SMILES string of the molecule is CCCC/C=C/[C@@H]1CC(=O)OC1=O. The number of ether oxygens (including phenoxy) is 1. The van der Waals surface area contributed by atoms with Crippen molar-refractivity contribution in [3.05, 3.63) is 12.2 Å². The van der Waals surface area contributed by atoms with Crippen molar-refractivity contribution >= 4 is 11.9 Å². The van der Waals surface area contributed by atoms with E-state index < -0.39 is 11.9 Å². The van der Waals surface area contributed by atoms with E-state index in [1.54, 1.807) is 6.08 Å². The maximum atomic E-state index is 11.0. The molecule has 0 saturated carbocycles. The molecular weight excluding hydrogens is 168 g/mol. The molecule has 1 fully saturated rings. The monoisotopic (exact) mass is 182 g/mol. The number of cyclic esters (lactones) is 2. The first-order valence-electron chi connectivity index (χ1n) is 4.65. The van der Waals surface area contributed by atoms with E-state index in [1.807, 2.05) is 6.08 Å². The van der Waals surface area contributed by atoms with Crippen molar-refractivity contribution in [3.8, 4) is 0 Å². The molecule has 13 heavy (non-hydrogen) atoms. The standard InChI is InChI=1S/C10H14O3/c1-2-3-4-5-6-8-7-9(11)13-10(8)12/h5-6,8H,2-4,7H2,1H3/b6-5+/t8-/m1/s1. The van der Waals surface area contributed by atoms with Gasteiger partial charge in [0.25, 0.3) is 0 Å². The zero-order valence-corrected chi connectivity index (χ0v) is 7.79. The molecule has 72 valence electrons. The zero-order valence-electron chi connectivity index (χ0n) is 7.79. The summed E-state index contributed by atoms with van der Waals surface area (Å²) in [5.74, 6) is -1.14. The molecule has 1 rings (SSSR count). The molecule has 1 heterocycles. The lowest BCUT2D eigenvalue weighted by Gasteiger charge is -1.94. The lowest BCUT2D eigenvalue weighted by atomic mass is 10.1. The van der Waals surface area contributed by atoms with E-state index in [-0.39, 0.29) is 12.3 Å². The third-order valence-electron chi connectivity index (χ3n) is 2.00. The fourth-order valence-electron chi connectivity index (χ4n) is 1.22. The smallest absolute Gasteiger partial charge is 0.321 e. The van der Waals surface area contributed by atoms with Crippen molar-refractivity contribution in [1.29, 1.82) is 0 Å². The van der Waals surface area contributed by atoms with E-state index in [2.05, 4.69) is 11.7 Å². The van der Waals surface area contributed by atoms with Gasteiger partial charge in [0, 0.05) is 0 Å². The number of allylic oxidation sites excluding steroid dienone is 1. The first-order chi connectivity index (χ1) is 6.24. The molecule has 1 aliphatic rings. The molecule has 0 spiro atoms. The second-order valence-electron chi connectivity index (χ2n) is 3.17. The van der Waals surface area contributed by atoms with Gasteiger partial charge in [0.2, 0.25) is 0 Å². The van der Waals surface area contributed by atoms with Crippen LogP contribution in [0, 0.1) is 5.92 Å². The first-order valence-corrected chi connectivity index (χ1v) is 4.65. The van der Waals surface area contributed by atoms with Gasteiger partial charge in [-0.1, -0.05) is 31.9 Å². The minimum Gasteiger partial charge on any atom is -0.393 e. The van der Waals surface area contributed by atoms with Crippen molar-refractivity contribution in [2.75, 3.05) is 0 Å². The highest BCUT2D eigenvalue weighted by Crippen LogP contribution is 2.17. The Morgan fingerprint density at radius 1 is 1.54 bits per heavy atom. The maximum absolute atomic E-state index is 11.0. The highest BCUT2D eigenvalue weighted by Gasteiger charge is 2.30. The molecule has 0 aliphatic carbocycles. The summed E-state index contributed by atoms with van der Waals surface area (Å²) in [5.41, 5.74) is 0. The topological polar surface area (TPSA) is 43.4 Å². The largest absolute Gasteiger partial charge is 0.393 e. The molecule has 1 aliphatic heterocycles. The molecule has 0 aromatic carbocycles. The molecule has 3 heteroatoms. The van der Waals surface area contributed by atoms with Crippen LogP contribution in [-0.4, -0.2) is 11.9 Å². The van der Waals surface area contributed by atoms with Gasteiger partial charge in [0.05, 0.1) is 12.3 Å². The van der Waals surface area contributed by atoms with E-state index in [0.29, 0.717) is 0 Å². The molecule has 0 bridgehead atoms. The zero-order chi connectivity index (χ0) is 9.68. The van der Waals surface area contributed by atoms with E-state index in [1.165, 1.54) is 0 Å². The molecular formula is C10H14O3. The maximum Gasteiger partial charge on any atom is 0.321 e. The number of hydrogen-bond donors (Lipinski definition) is 0. The van der Waals surface area contributed by atoms with Crippen LogP contribution in [0.25, 0.3) is 0 Å². The summed E-state index contributed by atoms with van der Waals surface area (Å²) in [5, 5.41) is 0. The quantitative estimate of drug-likeness (QED) is 0.288. The molecule has 0 radical (unpaired) electrons. The Hall–Kier alpha value is -1.12. The van der Waals surface area contributed by atoms with Crippen molar-refractivity contribution in [2.24, 2.45) is 5.92 Å². The molecule has 0 unspecified atom stereocenters. The molecule has 0 aromatic rings. The Morgan fingerprint density at radius 3 is 2.85 bits per heavy atom. The van der Waals surface area contributed by atoms with Crippen molar-refractivity contribution in [2.45, 2.75) is 32.6 Å². The third kappa shape index (κ3) is 3.01. The van der Waals surface area contributed by atoms with Gasteiger partial charge in [-0.25, -0.2) is 0 Å². The number of carbonyl (C=O) groups is 2. The fraction of sp³-hybridized carbons (Fsp3) is 0.600. The summed E-state index contributed by atoms with van der Waals surface area (Å²) >= 11 is 0. The number of rotatable bonds is 4. The van der Waals surface area contributed by atoms with Crippen LogP contribution < -0.4 is 0 Å². The van der Waals surface area contributed by atoms with Gasteiger partial charge >= 0.3 is 11.9 Å². The minimum absolute atomic E-state index is 0.210. The van der Waals surface area contributed by atoms with Crippen LogP contribution in [0.3, 0.4) is 0 Å². The minimum atomic E-state index is -0.407. The molecule has 3 nitrogen and oxygen atoms in total. The van der Waals surface area contributed by atoms with Crippen molar-refractivity contribution < 1.29 is 14.3 Å². The average molecular weight is 182 g/mol. The Bertz CT molecular complexity index is 230. The van der Waals surface area contributed by atoms with Crippen LogP contribution in [0.15, 0.2) is 12.2 Å². The van der Waals surface area contributed by atoms with E-state index >= 15 is 0 Å². The average Bonchev–Trinajstić information content (AvgIpc) is 2.39. The van der Waals surface area contributed by atoms with Crippen LogP contribution in [0.2, 0.25) is 0 Å². The van der Waals surface area contributed by atoms with Crippen LogP contribution in [0.1, 0.15) is 32.6 Å². The first kappa shape index (κ1) is 9.96. The van der Waals surface area contributed by atoms with Gasteiger partial charge < -0.3 is 4.74 Å². The van der Waals surface area contributed by atoms with Crippen LogP contribution in [0.5, 0.6) is 0 Å². The van der Waals surface area contributed by atoms with Gasteiger partial charge in [-0.3, -0.25) is 9.59 Å². The summed E-state index contributed by atoms with van der Waals surface area (Å²) < 4.78 is 4.40. The molecule has 0 aromatic heterocycles. The van der Waals surface area contributed by atoms with E-state index in [0.717, 1.165) is 19.3 Å². The van der Waals surface area contributed by atoms with E-state index in [4.69, 9.17) is 0 Å². The van der Waals surface area contributed by atoms with Gasteiger partial charge in [-0.05, 0) is 6.42 Å². The van der Waals surface area contributed by atoms with Gasteiger partial charge in [-0.2, -0.15) is 0 Å². The molecule has 1 saturated heterocycles. The van der Waals surface area contributed by atoms with Crippen LogP contribution >= 0.6 is 0 Å². The highest BCUT2D eigenvalue weighted by atomic mass is 16.6. The summed E-state index contributed by atoms with van der Waals surface area (Å²) in [4.78, 5) is 21.6. The summed E-state index contributed by atoms with van der Waals surface area (Å²) in [6.07, 6.45) is 7.16. The predicted octanol–water partition coefficient (Wildman–Crippen LogP) is 1.82. The number of hydrogen-bond acceptors (Lipinski definition) is 3. The van der Waals surface area contributed by atoms with Gasteiger partial charge in [-0.15, -0.1) is 0 Å². The van der Waals surface area contributed by atoms with Crippen molar-refractivity contribution in [3.63, 3.8) is 0 Å². The molecule has 0 N–H and O–H groups in total. The highest BCUT2D eigenvalue weighted by molar-refractivity contribution is 5.95. The predicted molar refractivity (Wildman–Crippen MR) is 47.9 cm³/mol. The van der Waals surface area contributed by atoms with Crippen LogP contribution in [-0.2, 0) is 14.3 Å². The third-order valence-corrected chi connectivity index (χ3v) is 2.00. The number of unbranched alkanes of at least 4 members (excludes halogenated alkanes) is 2. The Morgan fingerprint density at radius 2 is 2.31 bits per heavy atom.